The van der Waals surface area contributed by atoms with Gasteiger partial charge in [0.15, 0.2) is 0 Å². The van der Waals surface area contributed by atoms with Gasteiger partial charge in [-0.1, -0.05) is 6.07 Å². The molecule has 0 unspecified atom stereocenters. The molecule has 0 radical (unpaired) electrons. The second-order valence-corrected chi connectivity index (χ2v) is 4.33. The van der Waals surface area contributed by atoms with Gasteiger partial charge in [-0.2, -0.15) is 0 Å². The van der Waals surface area contributed by atoms with Crippen LogP contribution in [0.25, 0.3) is 0 Å². The molecule has 0 aliphatic heterocycles. The fourth-order valence-corrected chi connectivity index (χ4v) is 2.12. The predicted octanol–water partition coefficient (Wildman–Crippen LogP) is 1.05. The summed E-state index contributed by atoms with van der Waals surface area (Å²) >= 11 is 1.61. The maximum absolute atomic E-state index is 10.9. The molecule has 0 heterocycles. The minimum atomic E-state index is -0.149. The Bertz CT molecular complexity index is 355. The Morgan fingerprint density at radius 3 is 2.93 bits per heavy atom. The Kier molecular flexibility index (Phi) is 4.45. The number of rotatable bonds is 4. The molecular weight excluding hydrogens is 210 g/mol. The summed E-state index contributed by atoms with van der Waals surface area (Å²) in [5, 5.41) is 0. The topological polar surface area (TPSA) is 81.1 Å². The molecule has 82 valence electrons. The van der Waals surface area contributed by atoms with E-state index < -0.39 is 0 Å². The summed E-state index contributed by atoms with van der Waals surface area (Å²) in [4.78, 5) is 12.0. The van der Waals surface area contributed by atoms with E-state index in [1.54, 1.807) is 11.8 Å². The zero-order valence-corrected chi connectivity index (χ0v) is 9.43. The lowest BCUT2D eigenvalue weighted by Gasteiger charge is -2.06. The second kappa shape index (κ2) is 5.63. The van der Waals surface area contributed by atoms with Crippen LogP contribution >= 0.6 is 11.8 Å². The first-order valence-electron chi connectivity index (χ1n) is 4.62. The lowest BCUT2D eigenvalue weighted by molar-refractivity contribution is -0.120. The fraction of sp³-hybridized carbons (Fsp3) is 0.300. The number of hydrazine groups is 1. The highest BCUT2D eigenvalue weighted by atomic mass is 32.2. The molecule has 0 atom stereocenters. The average Bonchev–Trinajstić information content (AvgIpc) is 2.23. The van der Waals surface area contributed by atoms with E-state index in [0.29, 0.717) is 12.2 Å². The number of anilines is 1. The molecule has 1 aromatic rings. The number of nitrogens with one attached hydrogen (secondary N) is 1. The van der Waals surface area contributed by atoms with Crippen molar-refractivity contribution < 1.29 is 4.79 Å². The van der Waals surface area contributed by atoms with Crippen molar-refractivity contribution in [3.8, 4) is 0 Å². The molecule has 0 saturated carbocycles. The van der Waals surface area contributed by atoms with E-state index in [4.69, 9.17) is 11.6 Å². The Morgan fingerprint density at radius 1 is 1.53 bits per heavy atom. The molecule has 1 aromatic carbocycles. The van der Waals surface area contributed by atoms with E-state index in [1.807, 2.05) is 25.1 Å². The predicted molar refractivity (Wildman–Crippen MR) is 63.3 cm³/mol. The molecule has 15 heavy (non-hydrogen) atoms. The molecule has 0 bridgehead atoms. The van der Waals surface area contributed by atoms with Crippen LogP contribution in [0.2, 0.25) is 0 Å². The van der Waals surface area contributed by atoms with Gasteiger partial charge in [-0.3, -0.25) is 10.2 Å². The molecule has 0 saturated heterocycles. The largest absolute Gasteiger partial charge is 0.399 e. The quantitative estimate of drug-likeness (QED) is 0.235. The zero-order chi connectivity index (χ0) is 11.3. The van der Waals surface area contributed by atoms with Crippen molar-refractivity contribution in [2.45, 2.75) is 18.2 Å². The molecule has 0 fully saturated rings. The van der Waals surface area contributed by atoms with Crippen LogP contribution < -0.4 is 17.0 Å². The van der Waals surface area contributed by atoms with Gasteiger partial charge in [0.25, 0.3) is 0 Å². The van der Waals surface area contributed by atoms with Crippen molar-refractivity contribution in [1.82, 2.24) is 5.43 Å². The third-order valence-corrected chi connectivity index (χ3v) is 3.12. The Morgan fingerprint density at radius 2 is 2.27 bits per heavy atom. The van der Waals surface area contributed by atoms with E-state index in [1.165, 1.54) is 5.56 Å². The Labute approximate surface area is 93.4 Å². The molecule has 0 spiro atoms. The number of carbonyl (C=O) groups excluding carboxylic acids is 1. The van der Waals surface area contributed by atoms with Gasteiger partial charge < -0.3 is 5.73 Å². The highest BCUT2D eigenvalue weighted by molar-refractivity contribution is 7.99. The van der Waals surface area contributed by atoms with Crippen molar-refractivity contribution >= 4 is 23.4 Å². The maximum atomic E-state index is 10.9. The van der Waals surface area contributed by atoms with E-state index in [-0.39, 0.29) is 5.91 Å². The first-order valence-corrected chi connectivity index (χ1v) is 5.60. The van der Waals surface area contributed by atoms with Gasteiger partial charge >= 0.3 is 0 Å². The van der Waals surface area contributed by atoms with Crippen LogP contribution in [0.4, 0.5) is 5.69 Å². The highest BCUT2D eigenvalue weighted by Gasteiger charge is 2.02. The SMILES string of the molecule is Cc1ccc(N)cc1SCCC(=O)NN. The van der Waals surface area contributed by atoms with Gasteiger partial charge in [0.2, 0.25) is 5.91 Å². The van der Waals surface area contributed by atoms with Gasteiger partial charge in [0.1, 0.15) is 0 Å². The van der Waals surface area contributed by atoms with Crippen LogP contribution in [0, 0.1) is 6.92 Å². The van der Waals surface area contributed by atoms with Crippen LogP contribution in [0.15, 0.2) is 23.1 Å². The number of benzene rings is 1. The zero-order valence-electron chi connectivity index (χ0n) is 8.62. The first-order chi connectivity index (χ1) is 7.13. The van der Waals surface area contributed by atoms with Crippen molar-refractivity contribution in [3.63, 3.8) is 0 Å². The molecule has 0 aromatic heterocycles. The number of carbonyl (C=O) groups is 1. The highest BCUT2D eigenvalue weighted by Crippen LogP contribution is 2.24. The normalized spacial score (nSPS) is 10.0. The van der Waals surface area contributed by atoms with Gasteiger partial charge in [-0.05, 0) is 24.6 Å². The standard InChI is InChI=1S/C10H15N3OS/c1-7-2-3-8(11)6-9(7)15-5-4-10(14)13-12/h2-3,6H,4-5,11-12H2,1H3,(H,13,14). The first kappa shape index (κ1) is 11.9. The van der Waals surface area contributed by atoms with Crippen LogP contribution in [0.5, 0.6) is 0 Å². The van der Waals surface area contributed by atoms with Gasteiger partial charge in [-0.25, -0.2) is 5.84 Å². The molecular formula is C10H15N3OS. The van der Waals surface area contributed by atoms with E-state index in [2.05, 4.69) is 5.43 Å². The van der Waals surface area contributed by atoms with Gasteiger partial charge in [-0.15, -0.1) is 11.8 Å². The molecule has 5 N–H and O–H groups in total. The minimum absolute atomic E-state index is 0.149. The van der Waals surface area contributed by atoms with Crippen molar-refractivity contribution in [1.29, 1.82) is 0 Å². The van der Waals surface area contributed by atoms with Crippen LogP contribution in [-0.2, 0) is 4.79 Å². The third kappa shape index (κ3) is 3.81. The summed E-state index contributed by atoms with van der Waals surface area (Å²) < 4.78 is 0. The second-order valence-electron chi connectivity index (χ2n) is 3.19. The van der Waals surface area contributed by atoms with Gasteiger partial charge in [0, 0.05) is 22.8 Å². The fourth-order valence-electron chi connectivity index (χ4n) is 1.10. The number of nitrogens with two attached hydrogens (primary N) is 2. The van der Waals surface area contributed by atoms with E-state index in [9.17, 15) is 4.79 Å². The van der Waals surface area contributed by atoms with Crippen LogP contribution in [-0.4, -0.2) is 11.7 Å². The summed E-state index contributed by atoms with van der Waals surface area (Å²) in [6, 6.07) is 5.76. The summed E-state index contributed by atoms with van der Waals surface area (Å²) in [5.41, 5.74) is 9.68. The lowest BCUT2D eigenvalue weighted by Crippen LogP contribution is -2.30. The molecule has 4 nitrogen and oxygen atoms in total. The monoisotopic (exact) mass is 225 g/mol. The van der Waals surface area contributed by atoms with Crippen LogP contribution in [0.3, 0.4) is 0 Å². The molecule has 1 amide bonds. The minimum Gasteiger partial charge on any atom is -0.399 e. The van der Waals surface area contributed by atoms with Crippen molar-refractivity contribution in [2.24, 2.45) is 5.84 Å². The summed E-state index contributed by atoms with van der Waals surface area (Å²) in [6.07, 6.45) is 0.412. The number of hydrogen-bond donors (Lipinski definition) is 3. The van der Waals surface area contributed by atoms with E-state index in [0.717, 1.165) is 10.6 Å². The average molecular weight is 225 g/mol. The number of aryl methyl sites for hydroxylation is 1. The molecule has 0 aliphatic carbocycles. The third-order valence-electron chi connectivity index (χ3n) is 1.96. The summed E-state index contributed by atoms with van der Waals surface area (Å²) in [6.45, 7) is 2.02. The van der Waals surface area contributed by atoms with Crippen molar-refractivity contribution in [3.05, 3.63) is 23.8 Å². The maximum Gasteiger partial charge on any atom is 0.234 e. The smallest absolute Gasteiger partial charge is 0.234 e. The molecule has 0 aliphatic rings. The lowest BCUT2D eigenvalue weighted by atomic mass is 10.2. The van der Waals surface area contributed by atoms with Crippen molar-refractivity contribution in [2.75, 3.05) is 11.5 Å². The number of hydrogen-bond acceptors (Lipinski definition) is 4. The molecule has 1 rings (SSSR count). The Balaban J connectivity index is 2.50. The Hall–Kier alpha value is -1.20. The van der Waals surface area contributed by atoms with Gasteiger partial charge in [0.05, 0.1) is 0 Å². The molecule has 5 heteroatoms. The van der Waals surface area contributed by atoms with Crippen LogP contribution in [0.1, 0.15) is 12.0 Å². The van der Waals surface area contributed by atoms with E-state index >= 15 is 0 Å². The number of thioether (sulfide) groups is 1. The number of nitrogen functional groups attached to an aromatic ring is 1. The summed E-state index contributed by atoms with van der Waals surface area (Å²) in [7, 11) is 0. The number of amides is 1. The summed E-state index contributed by atoms with van der Waals surface area (Å²) in [5.74, 6) is 5.53.